The number of halogens is 2. The van der Waals surface area contributed by atoms with Gasteiger partial charge in [0, 0.05) is 16.0 Å². The highest BCUT2D eigenvalue weighted by atomic mass is 79.9. The van der Waals surface area contributed by atoms with Crippen LogP contribution >= 0.6 is 27.5 Å². The minimum absolute atomic E-state index is 0.0471. The second kappa shape index (κ2) is 7.77. The van der Waals surface area contributed by atoms with Crippen LogP contribution in [0.15, 0.2) is 46.9 Å². The second-order valence-corrected chi connectivity index (χ2v) is 6.62. The summed E-state index contributed by atoms with van der Waals surface area (Å²) in [7, 11) is 1.91. The Morgan fingerprint density at radius 1 is 1.27 bits per heavy atom. The van der Waals surface area contributed by atoms with Gasteiger partial charge in [-0.25, -0.2) is 0 Å². The molecule has 0 fully saturated rings. The molecule has 2 aromatic rings. The molecule has 0 aliphatic carbocycles. The number of benzene rings is 2. The summed E-state index contributed by atoms with van der Waals surface area (Å²) in [6.45, 7) is 2.99. The third-order valence-corrected chi connectivity index (χ3v) is 4.04. The predicted molar refractivity (Wildman–Crippen MR) is 95.3 cm³/mol. The van der Waals surface area contributed by atoms with Crippen LogP contribution in [0.3, 0.4) is 0 Å². The molecule has 5 heteroatoms. The number of carbonyl (C=O) groups excluding carboxylic acids is 1. The summed E-state index contributed by atoms with van der Waals surface area (Å²) < 4.78 is 0.887. The van der Waals surface area contributed by atoms with Crippen LogP contribution in [-0.2, 0) is 11.3 Å². The van der Waals surface area contributed by atoms with Crippen molar-refractivity contribution in [2.45, 2.75) is 13.5 Å². The number of amides is 1. The van der Waals surface area contributed by atoms with Gasteiger partial charge in [-0.05, 0) is 65.3 Å². The van der Waals surface area contributed by atoms with Crippen LogP contribution in [0.4, 0.5) is 5.69 Å². The van der Waals surface area contributed by atoms with Crippen LogP contribution in [0, 0.1) is 6.92 Å². The van der Waals surface area contributed by atoms with Gasteiger partial charge in [-0.3, -0.25) is 9.69 Å². The van der Waals surface area contributed by atoms with E-state index in [-0.39, 0.29) is 5.91 Å². The van der Waals surface area contributed by atoms with E-state index in [0.717, 1.165) is 21.3 Å². The van der Waals surface area contributed by atoms with Gasteiger partial charge in [0.05, 0.1) is 12.2 Å². The smallest absolute Gasteiger partial charge is 0.238 e. The number of hydrogen-bond acceptors (Lipinski definition) is 2. The lowest BCUT2D eigenvalue weighted by atomic mass is 10.2. The van der Waals surface area contributed by atoms with Gasteiger partial charge >= 0.3 is 0 Å². The fraction of sp³-hybridized carbons (Fsp3) is 0.235. The zero-order chi connectivity index (χ0) is 16.1. The lowest BCUT2D eigenvalue weighted by Gasteiger charge is -2.17. The number of anilines is 1. The number of nitrogens with one attached hydrogen (secondary N) is 1. The summed E-state index contributed by atoms with van der Waals surface area (Å²) in [6.07, 6.45) is 0. The third kappa shape index (κ3) is 5.13. The Morgan fingerprint density at radius 2 is 2.05 bits per heavy atom. The number of carbonyl (C=O) groups is 1. The molecule has 0 aromatic heterocycles. The van der Waals surface area contributed by atoms with E-state index in [1.54, 1.807) is 0 Å². The standard InChI is InChI=1S/C17H18BrClN2O/c1-12-6-7-16(15(18)8-12)20-17(22)11-21(2)10-13-4-3-5-14(19)9-13/h3-9H,10-11H2,1-2H3,(H,20,22). The first-order valence-electron chi connectivity index (χ1n) is 6.93. The molecule has 3 nitrogen and oxygen atoms in total. The molecule has 0 spiro atoms. The first kappa shape index (κ1) is 17.0. The predicted octanol–water partition coefficient (Wildman–Crippen LogP) is 4.48. The van der Waals surface area contributed by atoms with Crippen LogP contribution < -0.4 is 5.32 Å². The van der Waals surface area contributed by atoms with E-state index in [1.165, 1.54) is 0 Å². The number of nitrogens with zero attached hydrogens (tertiary/aromatic N) is 1. The van der Waals surface area contributed by atoms with Crippen molar-refractivity contribution in [1.29, 1.82) is 0 Å². The molecule has 0 bridgehead atoms. The van der Waals surface area contributed by atoms with Crippen LogP contribution in [0.5, 0.6) is 0 Å². The van der Waals surface area contributed by atoms with Crippen LogP contribution in [0.25, 0.3) is 0 Å². The van der Waals surface area contributed by atoms with Crippen molar-refractivity contribution in [3.05, 3.63) is 63.1 Å². The van der Waals surface area contributed by atoms with Gasteiger partial charge in [0.1, 0.15) is 0 Å². The molecule has 0 atom stereocenters. The Kier molecular flexibility index (Phi) is 6.00. The Hall–Kier alpha value is -1.36. The summed E-state index contributed by atoms with van der Waals surface area (Å²) in [5.74, 6) is -0.0471. The zero-order valence-corrected chi connectivity index (χ0v) is 14.9. The molecule has 0 aliphatic rings. The molecule has 116 valence electrons. The third-order valence-electron chi connectivity index (χ3n) is 3.15. The highest BCUT2D eigenvalue weighted by Gasteiger charge is 2.09. The average molecular weight is 382 g/mol. The van der Waals surface area contributed by atoms with Crippen molar-refractivity contribution < 1.29 is 4.79 Å². The van der Waals surface area contributed by atoms with Crippen molar-refractivity contribution >= 4 is 39.1 Å². The average Bonchev–Trinajstić information content (AvgIpc) is 2.41. The van der Waals surface area contributed by atoms with Crippen molar-refractivity contribution in [2.75, 3.05) is 18.9 Å². The first-order valence-corrected chi connectivity index (χ1v) is 8.10. The number of hydrogen-bond donors (Lipinski definition) is 1. The van der Waals surface area contributed by atoms with E-state index in [2.05, 4.69) is 21.2 Å². The zero-order valence-electron chi connectivity index (χ0n) is 12.6. The maximum atomic E-state index is 12.1. The van der Waals surface area contributed by atoms with Gasteiger partial charge in [-0.1, -0.05) is 29.8 Å². The number of likely N-dealkylation sites (N-methyl/N-ethyl adjacent to an activating group) is 1. The number of aryl methyl sites for hydroxylation is 1. The van der Waals surface area contributed by atoms with Crippen molar-refractivity contribution in [1.82, 2.24) is 4.90 Å². The molecule has 0 saturated carbocycles. The van der Waals surface area contributed by atoms with Gasteiger partial charge < -0.3 is 5.32 Å². The Balaban J connectivity index is 1.91. The highest BCUT2D eigenvalue weighted by molar-refractivity contribution is 9.10. The van der Waals surface area contributed by atoms with Crippen molar-refractivity contribution in [2.24, 2.45) is 0 Å². The first-order chi connectivity index (χ1) is 10.4. The maximum absolute atomic E-state index is 12.1. The summed E-state index contributed by atoms with van der Waals surface area (Å²) in [5.41, 5.74) is 3.01. The van der Waals surface area contributed by atoms with E-state index < -0.39 is 0 Å². The van der Waals surface area contributed by atoms with Gasteiger partial charge in [0.25, 0.3) is 0 Å². The van der Waals surface area contributed by atoms with Crippen LogP contribution in [0.1, 0.15) is 11.1 Å². The highest BCUT2D eigenvalue weighted by Crippen LogP contribution is 2.23. The molecule has 0 radical (unpaired) electrons. The van der Waals surface area contributed by atoms with Gasteiger partial charge in [-0.15, -0.1) is 0 Å². The normalized spacial score (nSPS) is 10.8. The molecule has 1 N–H and O–H groups in total. The quantitative estimate of drug-likeness (QED) is 0.828. The lowest BCUT2D eigenvalue weighted by molar-refractivity contribution is -0.117. The number of rotatable bonds is 5. The van der Waals surface area contributed by atoms with Crippen molar-refractivity contribution in [3.63, 3.8) is 0 Å². The SMILES string of the molecule is Cc1ccc(NC(=O)CN(C)Cc2cccc(Cl)c2)c(Br)c1. The van der Waals surface area contributed by atoms with E-state index in [1.807, 2.05) is 61.3 Å². The molecule has 2 rings (SSSR count). The molecular formula is C17H18BrClN2O. The molecule has 22 heavy (non-hydrogen) atoms. The summed E-state index contributed by atoms with van der Waals surface area (Å²) in [6, 6.07) is 13.5. The molecular weight excluding hydrogens is 364 g/mol. The van der Waals surface area contributed by atoms with E-state index in [4.69, 9.17) is 11.6 Å². The monoisotopic (exact) mass is 380 g/mol. The minimum Gasteiger partial charge on any atom is -0.324 e. The molecule has 0 unspecified atom stereocenters. The summed E-state index contributed by atoms with van der Waals surface area (Å²) >= 11 is 9.43. The minimum atomic E-state index is -0.0471. The van der Waals surface area contributed by atoms with Gasteiger partial charge in [-0.2, -0.15) is 0 Å². The van der Waals surface area contributed by atoms with Crippen molar-refractivity contribution in [3.8, 4) is 0 Å². The van der Waals surface area contributed by atoms with E-state index >= 15 is 0 Å². The molecule has 0 aliphatic heterocycles. The fourth-order valence-electron chi connectivity index (χ4n) is 2.16. The second-order valence-electron chi connectivity index (χ2n) is 5.33. The molecule has 2 aromatic carbocycles. The Labute approximate surface area is 144 Å². The summed E-state index contributed by atoms with van der Waals surface area (Å²) in [4.78, 5) is 14.1. The topological polar surface area (TPSA) is 32.3 Å². The Bertz CT molecular complexity index is 675. The Morgan fingerprint density at radius 3 is 2.73 bits per heavy atom. The molecule has 0 heterocycles. The van der Waals surface area contributed by atoms with Crippen LogP contribution in [-0.4, -0.2) is 24.4 Å². The van der Waals surface area contributed by atoms with Gasteiger partial charge in [0.15, 0.2) is 0 Å². The maximum Gasteiger partial charge on any atom is 0.238 e. The molecule has 1 amide bonds. The summed E-state index contributed by atoms with van der Waals surface area (Å²) in [5, 5.41) is 3.62. The van der Waals surface area contributed by atoms with Crippen LogP contribution in [0.2, 0.25) is 5.02 Å². The van der Waals surface area contributed by atoms with Gasteiger partial charge in [0.2, 0.25) is 5.91 Å². The molecule has 0 saturated heterocycles. The lowest BCUT2D eigenvalue weighted by Crippen LogP contribution is -2.29. The fourth-order valence-corrected chi connectivity index (χ4v) is 2.96. The van der Waals surface area contributed by atoms with E-state index in [0.29, 0.717) is 18.1 Å². The van der Waals surface area contributed by atoms with E-state index in [9.17, 15) is 4.79 Å². The largest absolute Gasteiger partial charge is 0.324 e.